The summed E-state index contributed by atoms with van der Waals surface area (Å²) in [6, 6.07) is 2.91. The minimum absolute atomic E-state index is 0.0395. The van der Waals surface area contributed by atoms with Gasteiger partial charge in [0.05, 0.1) is 10.5 Å². The minimum Gasteiger partial charge on any atom is -0.478 e. The van der Waals surface area contributed by atoms with Crippen LogP contribution in [0, 0.1) is 19.3 Å². The minimum atomic E-state index is -3.64. The number of carboxylic acid groups (broad SMARTS) is 1. The van der Waals surface area contributed by atoms with Gasteiger partial charge >= 0.3 is 5.97 Å². The van der Waals surface area contributed by atoms with Crippen LogP contribution in [0.15, 0.2) is 17.0 Å². The fraction of sp³-hybridized carbons (Fsp3) is 0.533. The Labute approximate surface area is 125 Å². The van der Waals surface area contributed by atoms with E-state index in [2.05, 4.69) is 0 Å². The fourth-order valence-corrected chi connectivity index (χ4v) is 4.61. The van der Waals surface area contributed by atoms with Gasteiger partial charge in [0.25, 0.3) is 0 Å². The van der Waals surface area contributed by atoms with Gasteiger partial charge in [0, 0.05) is 13.1 Å². The number of aromatic carboxylic acids is 1. The molecule has 0 bridgehead atoms. The summed E-state index contributed by atoms with van der Waals surface area (Å²) in [6.07, 6.45) is 0.808. The van der Waals surface area contributed by atoms with Gasteiger partial charge in [-0.2, -0.15) is 4.31 Å². The molecule has 1 fully saturated rings. The van der Waals surface area contributed by atoms with Crippen LogP contribution in [0.25, 0.3) is 0 Å². The van der Waals surface area contributed by atoms with Crippen LogP contribution in [-0.2, 0) is 10.0 Å². The molecule has 1 N–H and O–H groups in total. The molecule has 6 heteroatoms. The quantitative estimate of drug-likeness (QED) is 0.930. The van der Waals surface area contributed by atoms with E-state index >= 15 is 0 Å². The lowest BCUT2D eigenvalue weighted by atomic mass is 9.93. The third-order valence-electron chi connectivity index (χ3n) is 4.01. The number of benzene rings is 1. The summed E-state index contributed by atoms with van der Waals surface area (Å²) in [5.74, 6) is -1.11. The Morgan fingerprint density at radius 3 is 2.33 bits per heavy atom. The van der Waals surface area contributed by atoms with E-state index in [9.17, 15) is 18.3 Å². The van der Waals surface area contributed by atoms with Gasteiger partial charge < -0.3 is 5.11 Å². The van der Waals surface area contributed by atoms with Gasteiger partial charge in [-0.05, 0) is 42.9 Å². The van der Waals surface area contributed by atoms with E-state index in [1.165, 1.54) is 10.4 Å². The molecular weight excluding hydrogens is 290 g/mol. The lowest BCUT2D eigenvalue weighted by Crippen LogP contribution is -2.31. The zero-order chi connectivity index (χ0) is 16.0. The molecule has 1 heterocycles. The van der Waals surface area contributed by atoms with E-state index in [-0.39, 0.29) is 15.9 Å². The maximum absolute atomic E-state index is 12.8. The number of rotatable bonds is 3. The lowest BCUT2D eigenvalue weighted by molar-refractivity contribution is 0.0696. The number of aryl methyl sites for hydroxylation is 2. The van der Waals surface area contributed by atoms with Crippen molar-refractivity contribution >= 4 is 16.0 Å². The van der Waals surface area contributed by atoms with Crippen LogP contribution in [0.1, 0.15) is 41.8 Å². The molecule has 0 aromatic heterocycles. The average molecular weight is 311 g/mol. The van der Waals surface area contributed by atoms with E-state index in [1.54, 1.807) is 19.9 Å². The highest BCUT2D eigenvalue weighted by molar-refractivity contribution is 7.89. The molecule has 1 saturated heterocycles. The van der Waals surface area contributed by atoms with Crippen LogP contribution < -0.4 is 0 Å². The molecule has 1 aromatic carbocycles. The summed E-state index contributed by atoms with van der Waals surface area (Å²) in [5.41, 5.74) is 1.15. The first-order valence-corrected chi connectivity index (χ1v) is 8.33. The highest BCUT2D eigenvalue weighted by Gasteiger charge is 2.37. The van der Waals surface area contributed by atoms with E-state index in [0.29, 0.717) is 24.2 Å². The van der Waals surface area contributed by atoms with Crippen LogP contribution in [0.3, 0.4) is 0 Å². The molecule has 116 valence electrons. The zero-order valence-corrected chi connectivity index (χ0v) is 13.6. The molecule has 0 saturated carbocycles. The number of hydrogen-bond acceptors (Lipinski definition) is 3. The van der Waals surface area contributed by atoms with E-state index in [1.807, 2.05) is 13.8 Å². The fourth-order valence-electron chi connectivity index (χ4n) is 2.75. The number of carbonyl (C=O) groups is 1. The van der Waals surface area contributed by atoms with Gasteiger partial charge in [-0.15, -0.1) is 0 Å². The zero-order valence-electron chi connectivity index (χ0n) is 12.8. The maximum Gasteiger partial charge on any atom is 0.335 e. The summed E-state index contributed by atoms with van der Waals surface area (Å²) in [7, 11) is -3.64. The Morgan fingerprint density at radius 2 is 1.86 bits per heavy atom. The van der Waals surface area contributed by atoms with Crippen molar-refractivity contribution < 1.29 is 18.3 Å². The molecule has 1 aliphatic rings. The standard InChI is InChI=1S/C15H21NO4S/c1-10-7-11(2)13(8-12(10)14(17)18)21(19,20)16-6-5-15(3,4)9-16/h7-8H,5-6,9H2,1-4H3,(H,17,18). The Bertz CT molecular complexity index is 692. The van der Waals surface area contributed by atoms with E-state index < -0.39 is 16.0 Å². The first-order valence-electron chi connectivity index (χ1n) is 6.89. The smallest absolute Gasteiger partial charge is 0.335 e. The summed E-state index contributed by atoms with van der Waals surface area (Å²) in [5, 5.41) is 9.19. The largest absolute Gasteiger partial charge is 0.478 e. The molecule has 1 aliphatic heterocycles. The predicted octanol–water partition coefficient (Wildman–Crippen LogP) is 2.42. The molecular formula is C15H21NO4S. The molecule has 0 spiro atoms. The molecule has 1 aromatic rings. The van der Waals surface area contributed by atoms with Crippen molar-refractivity contribution in [2.45, 2.75) is 39.0 Å². The number of hydrogen-bond donors (Lipinski definition) is 1. The van der Waals surface area contributed by atoms with Crippen LogP contribution in [0.4, 0.5) is 0 Å². The monoisotopic (exact) mass is 311 g/mol. The van der Waals surface area contributed by atoms with Crippen LogP contribution >= 0.6 is 0 Å². The van der Waals surface area contributed by atoms with Crippen LogP contribution in [0.2, 0.25) is 0 Å². The number of sulfonamides is 1. The van der Waals surface area contributed by atoms with Crippen LogP contribution in [0.5, 0.6) is 0 Å². The lowest BCUT2D eigenvalue weighted by Gasteiger charge is -2.21. The van der Waals surface area contributed by atoms with E-state index in [0.717, 1.165) is 6.42 Å². The molecule has 0 unspecified atom stereocenters. The summed E-state index contributed by atoms with van der Waals surface area (Å²) in [6.45, 7) is 8.38. The predicted molar refractivity (Wildman–Crippen MR) is 80.0 cm³/mol. The number of carboxylic acids is 1. The molecule has 21 heavy (non-hydrogen) atoms. The van der Waals surface area contributed by atoms with Gasteiger partial charge in [0.1, 0.15) is 0 Å². The van der Waals surface area contributed by atoms with Crippen molar-refractivity contribution in [1.82, 2.24) is 4.31 Å². The highest BCUT2D eigenvalue weighted by Crippen LogP contribution is 2.34. The Balaban J connectivity index is 2.51. The Kier molecular flexibility index (Phi) is 3.88. The maximum atomic E-state index is 12.8. The normalized spacial score (nSPS) is 18.9. The number of nitrogens with zero attached hydrogens (tertiary/aromatic N) is 1. The second kappa shape index (κ2) is 5.10. The Hall–Kier alpha value is -1.40. The van der Waals surface area contributed by atoms with Crippen molar-refractivity contribution in [1.29, 1.82) is 0 Å². The van der Waals surface area contributed by atoms with E-state index in [4.69, 9.17) is 0 Å². The molecule has 0 amide bonds. The van der Waals surface area contributed by atoms with Crippen molar-refractivity contribution in [2.24, 2.45) is 5.41 Å². The first-order chi connectivity index (χ1) is 9.54. The second-order valence-corrected chi connectivity index (χ2v) is 8.40. The van der Waals surface area contributed by atoms with Crippen molar-refractivity contribution in [3.63, 3.8) is 0 Å². The molecule has 0 atom stereocenters. The van der Waals surface area contributed by atoms with Gasteiger partial charge in [0.15, 0.2) is 0 Å². The average Bonchev–Trinajstić information content (AvgIpc) is 2.69. The van der Waals surface area contributed by atoms with Crippen molar-refractivity contribution in [2.75, 3.05) is 13.1 Å². The third kappa shape index (κ3) is 2.96. The van der Waals surface area contributed by atoms with Gasteiger partial charge in [-0.1, -0.05) is 19.9 Å². The molecule has 2 rings (SSSR count). The van der Waals surface area contributed by atoms with Crippen molar-refractivity contribution in [3.05, 3.63) is 28.8 Å². The van der Waals surface area contributed by atoms with Gasteiger partial charge in [-0.3, -0.25) is 0 Å². The van der Waals surface area contributed by atoms with Gasteiger partial charge in [-0.25, -0.2) is 13.2 Å². The van der Waals surface area contributed by atoms with Crippen molar-refractivity contribution in [3.8, 4) is 0 Å². The first kappa shape index (κ1) is 16.0. The summed E-state index contributed by atoms with van der Waals surface area (Å²) < 4.78 is 27.0. The molecule has 5 nitrogen and oxygen atoms in total. The van der Waals surface area contributed by atoms with Crippen LogP contribution in [-0.4, -0.2) is 36.9 Å². The summed E-state index contributed by atoms with van der Waals surface area (Å²) >= 11 is 0. The van der Waals surface area contributed by atoms with Gasteiger partial charge in [0.2, 0.25) is 10.0 Å². The molecule has 0 aliphatic carbocycles. The summed E-state index contributed by atoms with van der Waals surface area (Å²) in [4.78, 5) is 11.3. The highest BCUT2D eigenvalue weighted by atomic mass is 32.2. The Morgan fingerprint density at radius 1 is 1.24 bits per heavy atom. The second-order valence-electron chi connectivity index (χ2n) is 6.49. The third-order valence-corrected chi connectivity index (χ3v) is 6.00. The SMILES string of the molecule is Cc1cc(C)c(S(=O)(=O)N2CCC(C)(C)C2)cc1C(=O)O. The topological polar surface area (TPSA) is 74.7 Å². The molecule has 0 radical (unpaired) electrons.